The third kappa shape index (κ3) is 4.09. The average molecular weight is 363 g/mol. The van der Waals surface area contributed by atoms with E-state index in [1.807, 2.05) is 24.4 Å². The van der Waals surface area contributed by atoms with Crippen LogP contribution in [0.25, 0.3) is 11.3 Å². The van der Waals surface area contributed by atoms with Crippen molar-refractivity contribution in [1.29, 1.82) is 0 Å². The third-order valence-corrected chi connectivity index (χ3v) is 5.16. The minimum absolute atomic E-state index is 0.489. The molecule has 7 heteroatoms. The zero-order chi connectivity index (χ0) is 18.6. The summed E-state index contributed by atoms with van der Waals surface area (Å²) in [4.78, 5) is 18.9. The van der Waals surface area contributed by atoms with Gasteiger partial charge in [-0.15, -0.1) is 0 Å². The molecule has 1 aliphatic heterocycles. The number of nitrogens with two attached hydrogens (primary N) is 1. The molecule has 140 valence electrons. The molecule has 0 radical (unpaired) electrons. The Morgan fingerprint density at radius 3 is 2.74 bits per heavy atom. The monoisotopic (exact) mass is 363 g/mol. The lowest BCUT2D eigenvalue weighted by Gasteiger charge is -2.27. The fraction of sp³-hybridized carbons (Fsp3) is 0.350. The Balaban J connectivity index is 1.49. The van der Waals surface area contributed by atoms with Crippen molar-refractivity contribution in [2.75, 3.05) is 31.2 Å². The number of hydrogen-bond acceptors (Lipinski definition) is 6. The smallest absolute Gasteiger partial charge is 0.146 e. The third-order valence-electron chi connectivity index (χ3n) is 5.16. The van der Waals surface area contributed by atoms with Crippen molar-refractivity contribution in [2.45, 2.75) is 25.3 Å². The van der Waals surface area contributed by atoms with Gasteiger partial charge in [-0.2, -0.15) is 0 Å². The number of nitrogens with one attached hydrogen (secondary N) is 2. The van der Waals surface area contributed by atoms with E-state index in [4.69, 9.17) is 5.73 Å². The first-order chi connectivity index (χ1) is 13.2. The van der Waals surface area contributed by atoms with Crippen molar-refractivity contribution < 1.29 is 0 Å². The van der Waals surface area contributed by atoms with Crippen LogP contribution >= 0.6 is 0 Å². The lowest BCUT2D eigenvalue weighted by atomic mass is 9.96. The van der Waals surface area contributed by atoms with Gasteiger partial charge >= 0.3 is 0 Å². The number of hydrogen-bond donors (Lipinski definition) is 3. The number of aromatic amines is 1. The van der Waals surface area contributed by atoms with Gasteiger partial charge in [0.25, 0.3) is 0 Å². The summed E-state index contributed by atoms with van der Waals surface area (Å²) < 4.78 is 0. The molecule has 4 N–H and O–H groups in total. The zero-order valence-corrected chi connectivity index (χ0v) is 15.5. The summed E-state index contributed by atoms with van der Waals surface area (Å²) in [5, 5.41) is 3.36. The summed E-state index contributed by atoms with van der Waals surface area (Å²) in [6.07, 6.45) is 9.53. The van der Waals surface area contributed by atoms with E-state index in [2.05, 4.69) is 37.2 Å². The number of H-pyrrole nitrogens is 1. The SMILES string of the molecule is CN1CCC(c2ncc(-c3cnc(N)c(NCc4ccncc4)c3)[nH]2)CC1. The van der Waals surface area contributed by atoms with E-state index in [0.717, 1.165) is 54.3 Å². The Morgan fingerprint density at radius 2 is 1.96 bits per heavy atom. The molecule has 0 saturated carbocycles. The van der Waals surface area contributed by atoms with E-state index in [-0.39, 0.29) is 0 Å². The van der Waals surface area contributed by atoms with E-state index in [1.54, 1.807) is 18.6 Å². The van der Waals surface area contributed by atoms with Gasteiger partial charge in [0.2, 0.25) is 0 Å². The first-order valence-electron chi connectivity index (χ1n) is 9.31. The highest BCUT2D eigenvalue weighted by molar-refractivity contribution is 5.71. The molecule has 0 aliphatic carbocycles. The zero-order valence-electron chi connectivity index (χ0n) is 15.5. The molecular weight excluding hydrogens is 338 g/mol. The molecule has 1 saturated heterocycles. The quantitative estimate of drug-likeness (QED) is 0.645. The first kappa shape index (κ1) is 17.5. The summed E-state index contributed by atoms with van der Waals surface area (Å²) in [6.45, 7) is 2.90. The van der Waals surface area contributed by atoms with Crippen LogP contribution in [0, 0.1) is 0 Å². The van der Waals surface area contributed by atoms with Crippen LogP contribution in [0.15, 0.2) is 43.0 Å². The molecule has 1 aliphatic rings. The van der Waals surface area contributed by atoms with Gasteiger partial charge < -0.3 is 20.9 Å². The van der Waals surface area contributed by atoms with Crippen molar-refractivity contribution in [1.82, 2.24) is 24.8 Å². The van der Waals surface area contributed by atoms with Crippen molar-refractivity contribution in [2.24, 2.45) is 0 Å². The molecule has 3 aromatic rings. The summed E-state index contributed by atoms with van der Waals surface area (Å²) in [6, 6.07) is 5.97. The molecule has 0 amide bonds. The fourth-order valence-electron chi connectivity index (χ4n) is 3.43. The number of piperidine rings is 1. The normalized spacial score (nSPS) is 15.7. The van der Waals surface area contributed by atoms with E-state index < -0.39 is 0 Å². The molecule has 0 unspecified atom stereocenters. The average Bonchev–Trinajstić information content (AvgIpc) is 3.19. The van der Waals surface area contributed by atoms with Crippen LogP contribution in [0.5, 0.6) is 0 Å². The predicted octanol–water partition coefficient (Wildman–Crippen LogP) is 2.87. The number of pyridine rings is 2. The molecule has 0 spiro atoms. The van der Waals surface area contributed by atoms with Gasteiger partial charge in [-0.1, -0.05) is 0 Å². The summed E-state index contributed by atoms with van der Waals surface area (Å²) in [5.74, 6) is 2.06. The van der Waals surface area contributed by atoms with E-state index in [9.17, 15) is 0 Å². The molecule has 27 heavy (non-hydrogen) atoms. The van der Waals surface area contributed by atoms with E-state index in [0.29, 0.717) is 18.3 Å². The van der Waals surface area contributed by atoms with Gasteiger partial charge in [0, 0.05) is 36.6 Å². The topological polar surface area (TPSA) is 95.8 Å². The maximum absolute atomic E-state index is 6.05. The molecule has 0 aromatic carbocycles. The van der Waals surface area contributed by atoms with Crippen molar-refractivity contribution >= 4 is 11.5 Å². The first-order valence-corrected chi connectivity index (χ1v) is 9.31. The summed E-state index contributed by atoms with van der Waals surface area (Å²) in [7, 11) is 2.17. The van der Waals surface area contributed by atoms with Crippen molar-refractivity contribution in [3.63, 3.8) is 0 Å². The Labute approximate surface area is 159 Å². The second kappa shape index (κ2) is 7.75. The van der Waals surface area contributed by atoms with Gasteiger partial charge in [0.05, 0.1) is 17.6 Å². The minimum atomic E-state index is 0.489. The minimum Gasteiger partial charge on any atom is -0.382 e. The van der Waals surface area contributed by atoms with Crippen LogP contribution in [-0.2, 0) is 6.54 Å². The van der Waals surface area contributed by atoms with Crippen LogP contribution in [0.3, 0.4) is 0 Å². The lowest BCUT2D eigenvalue weighted by Crippen LogP contribution is -2.29. The fourth-order valence-corrected chi connectivity index (χ4v) is 3.43. The highest BCUT2D eigenvalue weighted by atomic mass is 15.1. The Bertz CT molecular complexity index is 882. The van der Waals surface area contributed by atoms with Crippen LogP contribution < -0.4 is 11.1 Å². The van der Waals surface area contributed by atoms with Gasteiger partial charge in [-0.05, 0) is 56.7 Å². The lowest BCUT2D eigenvalue weighted by molar-refractivity contribution is 0.251. The molecule has 0 bridgehead atoms. The number of likely N-dealkylation sites (tertiary alicyclic amines) is 1. The maximum atomic E-state index is 6.05. The maximum Gasteiger partial charge on any atom is 0.146 e. The Hall–Kier alpha value is -2.93. The highest BCUT2D eigenvalue weighted by Gasteiger charge is 2.21. The summed E-state index contributed by atoms with van der Waals surface area (Å²) in [5.41, 5.74) is 9.96. The molecule has 3 aromatic heterocycles. The van der Waals surface area contributed by atoms with Crippen molar-refractivity contribution in [3.8, 4) is 11.3 Å². The second-order valence-electron chi connectivity index (χ2n) is 7.13. The van der Waals surface area contributed by atoms with Crippen LogP contribution in [-0.4, -0.2) is 45.0 Å². The largest absolute Gasteiger partial charge is 0.382 e. The van der Waals surface area contributed by atoms with Crippen LogP contribution in [0.4, 0.5) is 11.5 Å². The molecule has 4 heterocycles. The Kier molecular flexibility index (Phi) is 5.02. The van der Waals surface area contributed by atoms with Gasteiger partial charge in [0.1, 0.15) is 11.6 Å². The Morgan fingerprint density at radius 1 is 1.19 bits per heavy atom. The molecular formula is C20H25N7. The van der Waals surface area contributed by atoms with Gasteiger partial charge in [0.15, 0.2) is 0 Å². The number of nitrogen functional groups attached to an aromatic ring is 1. The number of rotatable bonds is 5. The van der Waals surface area contributed by atoms with Crippen LogP contribution in [0.1, 0.15) is 30.1 Å². The molecule has 1 fully saturated rings. The molecule has 4 rings (SSSR count). The summed E-state index contributed by atoms with van der Waals surface area (Å²) >= 11 is 0. The van der Waals surface area contributed by atoms with E-state index in [1.165, 1.54) is 0 Å². The van der Waals surface area contributed by atoms with Gasteiger partial charge in [-0.3, -0.25) is 4.98 Å². The van der Waals surface area contributed by atoms with E-state index >= 15 is 0 Å². The predicted molar refractivity (Wildman–Crippen MR) is 107 cm³/mol. The molecule has 0 atom stereocenters. The number of nitrogens with zero attached hydrogens (tertiary/aromatic N) is 4. The number of anilines is 2. The van der Waals surface area contributed by atoms with Gasteiger partial charge in [-0.25, -0.2) is 9.97 Å². The highest BCUT2D eigenvalue weighted by Crippen LogP contribution is 2.29. The molecule has 7 nitrogen and oxygen atoms in total. The van der Waals surface area contributed by atoms with Crippen molar-refractivity contribution in [3.05, 3.63) is 54.4 Å². The van der Waals surface area contributed by atoms with Crippen LogP contribution in [0.2, 0.25) is 0 Å². The second-order valence-corrected chi connectivity index (χ2v) is 7.13. The standard InChI is InChI=1S/C20H25N7/c1-27-8-4-15(5-9-27)20-25-13-18(26-20)16-10-17(19(21)24-12-16)23-11-14-2-6-22-7-3-14/h2-3,6-7,10,12-13,15,23H,4-5,8-9,11H2,1H3,(H2,21,24)(H,25,26). The number of imidazole rings is 1. The number of aromatic nitrogens is 4.